The van der Waals surface area contributed by atoms with Gasteiger partial charge < -0.3 is 15.2 Å². The molecule has 0 aliphatic carbocycles. The molecule has 0 spiro atoms. The Morgan fingerprint density at radius 3 is 3.00 bits per heavy atom. The summed E-state index contributed by atoms with van der Waals surface area (Å²) in [4.78, 5) is 22.9. The molecule has 1 aliphatic rings. The van der Waals surface area contributed by atoms with E-state index in [0.29, 0.717) is 23.9 Å². The number of nitrogens with zero attached hydrogens (tertiary/aromatic N) is 2. The number of hydrogen-bond acceptors (Lipinski definition) is 4. The van der Waals surface area contributed by atoms with E-state index in [0.717, 1.165) is 18.6 Å². The van der Waals surface area contributed by atoms with Gasteiger partial charge in [-0.15, -0.1) is 0 Å². The molecule has 7 nitrogen and oxygen atoms in total. The van der Waals surface area contributed by atoms with Gasteiger partial charge in [0.25, 0.3) is 5.91 Å². The number of anilines is 1. The maximum absolute atomic E-state index is 12.3. The zero-order valence-electron chi connectivity index (χ0n) is 12.4. The second-order valence-electron chi connectivity index (χ2n) is 5.43. The van der Waals surface area contributed by atoms with Gasteiger partial charge in [0.1, 0.15) is 6.54 Å². The Bertz CT molecular complexity index is 720. The third-order valence-electron chi connectivity index (χ3n) is 3.73. The zero-order valence-corrected chi connectivity index (χ0v) is 12.4. The number of rotatable bonds is 5. The average Bonchev–Trinajstić information content (AvgIpc) is 3.19. The first-order valence-corrected chi connectivity index (χ1v) is 7.36. The van der Waals surface area contributed by atoms with Crippen molar-refractivity contribution in [2.75, 3.05) is 18.5 Å². The standard InChI is InChI=1S/C16H17N3O4/c20-15(21)9-19-6-4-14(18-19)17-16(22)12-3-1-2-11(8-12)13-5-7-23-10-13/h1-4,6,8,13H,5,7,9-10H2,(H,20,21)(H,17,18,22). The molecule has 2 heterocycles. The van der Waals surface area contributed by atoms with E-state index >= 15 is 0 Å². The van der Waals surface area contributed by atoms with E-state index in [4.69, 9.17) is 9.84 Å². The van der Waals surface area contributed by atoms with Crippen LogP contribution in [0.5, 0.6) is 0 Å². The fourth-order valence-electron chi connectivity index (χ4n) is 2.57. The van der Waals surface area contributed by atoms with Crippen molar-refractivity contribution in [1.82, 2.24) is 9.78 Å². The van der Waals surface area contributed by atoms with Gasteiger partial charge in [0.15, 0.2) is 5.82 Å². The molecule has 2 aromatic rings. The lowest BCUT2D eigenvalue weighted by Gasteiger charge is -2.09. The van der Waals surface area contributed by atoms with Gasteiger partial charge in [-0.3, -0.25) is 14.3 Å². The number of carbonyl (C=O) groups is 2. The number of ether oxygens (including phenoxy) is 1. The summed E-state index contributed by atoms with van der Waals surface area (Å²) in [7, 11) is 0. The van der Waals surface area contributed by atoms with E-state index in [-0.39, 0.29) is 12.5 Å². The van der Waals surface area contributed by atoms with Gasteiger partial charge in [-0.05, 0) is 24.1 Å². The molecular weight excluding hydrogens is 298 g/mol. The molecule has 1 aromatic heterocycles. The van der Waals surface area contributed by atoms with Crippen LogP contribution in [0.1, 0.15) is 28.3 Å². The molecule has 1 unspecified atom stereocenters. The van der Waals surface area contributed by atoms with Crippen LogP contribution in [0.2, 0.25) is 0 Å². The van der Waals surface area contributed by atoms with E-state index in [1.807, 2.05) is 18.2 Å². The fraction of sp³-hybridized carbons (Fsp3) is 0.312. The van der Waals surface area contributed by atoms with Crippen LogP contribution in [0.25, 0.3) is 0 Å². The first kappa shape index (κ1) is 15.2. The van der Waals surface area contributed by atoms with Crippen LogP contribution in [0.15, 0.2) is 36.5 Å². The summed E-state index contributed by atoms with van der Waals surface area (Å²) in [5.74, 6) is -0.604. The van der Waals surface area contributed by atoms with E-state index in [2.05, 4.69) is 10.4 Å². The highest BCUT2D eigenvalue weighted by Crippen LogP contribution is 2.25. The molecule has 3 rings (SSSR count). The second kappa shape index (κ2) is 6.62. The number of carboxylic acids is 1. The van der Waals surface area contributed by atoms with Gasteiger partial charge in [0.2, 0.25) is 0 Å². The van der Waals surface area contributed by atoms with Crippen molar-refractivity contribution in [3.63, 3.8) is 0 Å². The van der Waals surface area contributed by atoms with Crippen molar-refractivity contribution in [1.29, 1.82) is 0 Å². The van der Waals surface area contributed by atoms with E-state index in [1.165, 1.54) is 10.9 Å². The summed E-state index contributed by atoms with van der Waals surface area (Å²) in [6.07, 6.45) is 2.47. The molecule has 0 radical (unpaired) electrons. The van der Waals surface area contributed by atoms with Crippen LogP contribution in [-0.2, 0) is 16.1 Å². The molecule has 1 saturated heterocycles. The Morgan fingerprint density at radius 2 is 2.26 bits per heavy atom. The molecule has 1 aromatic carbocycles. The largest absolute Gasteiger partial charge is 0.480 e. The molecule has 0 bridgehead atoms. The number of aliphatic carboxylic acids is 1. The van der Waals surface area contributed by atoms with E-state index in [1.54, 1.807) is 12.1 Å². The van der Waals surface area contributed by atoms with E-state index < -0.39 is 5.97 Å². The van der Waals surface area contributed by atoms with Gasteiger partial charge in [-0.1, -0.05) is 12.1 Å². The summed E-state index contributed by atoms with van der Waals surface area (Å²) in [6.45, 7) is 1.19. The summed E-state index contributed by atoms with van der Waals surface area (Å²) in [6, 6.07) is 9.02. The lowest BCUT2D eigenvalue weighted by molar-refractivity contribution is -0.137. The minimum Gasteiger partial charge on any atom is -0.480 e. The number of carboxylic acid groups (broad SMARTS) is 1. The third kappa shape index (κ3) is 3.75. The number of nitrogens with one attached hydrogen (secondary N) is 1. The molecule has 0 saturated carbocycles. The molecule has 23 heavy (non-hydrogen) atoms. The first-order valence-electron chi connectivity index (χ1n) is 7.36. The molecule has 1 fully saturated rings. The van der Waals surface area contributed by atoms with Crippen LogP contribution >= 0.6 is 0 Å². The molecule has 1 amide bonds. The van der Waals surface area contributed by atoms with Crippen LogP contribution in [0.3, 0.4) is 0 Å². The van der Waals surface area contributed by atoms with Crippen LogP contribution in [-0.4, -0.2) is 40.0 Å². The molecule has 120 valence electrons. The third-order valence-corrected chi connectivity index (χ3v) is 3.73. The highest BCUT2D eigenvalue weighted by Gasteiger charge is 2.19. The predicted molar refractivity (Wildman–Crippen MR) is 82.4 cm³/mol. The van der Waals surface area contributed by atoms with Gasteiger partial charge in [-0.25, -0.2) is 0 Å². The summed E-state index contributed by atoms with van der Waals surface area (Å²) < 4.78 is 6.63. The fourth-order valence-corrected chi connectivity index (χ4v) is 2.57. The number of amides is 1. The maximum Gasteiger partial charge on any atom is 0.325 e. The van der Waals surface area contributed by atoms with Crippen molar-refractivity contribution in [3.8, 4) is 0 Å². The molecule has 1 atom stereocenters. The van der Waals surface area contributed by atoms with Crippen molar-refractivity contribution >= 4 is 17.7 Å². The maximum atomic E-state index is 12.3. The molecule has 2 N–H and O–H groups in total. The number of aromatic nitrogens is 2. The topological polar surface area (TPSA) is 93.5 Å². The highest BCUT2D eigenvalue weighted by atomic mass is 16.5. The summed E-state index contributed by atoms with van der Waals surface area (Å²) in [5.41, 5.74) is 1.63. The number of carbonyl (C=O) groups excluding carboxylic acids is 1. The van der Waals surface area contributed by atoms with Gasteiger partial charge in [0, 0.05) is 30.4 Å². The highest BCUT2D eigenvalue weighted by molar-refractivity contribution is 6.03. The van der Waals surface area contributed by atoms with Crippen LogP contribution < -0.4 is 5.32 Å². The Hall–Kier alpha value is -2.67. The first-order chi connectivity index (χ1) is 11.1. The van der Waals surface area contributed by atoms with Gasteiger partial charge >= 0.3 is 5.97 Å². The quantitative estimate of drug-likeness (QED) is 0.876. The zero-order chi connectivity index (χ0) is 16.2. The summed E-state index contributed by atoms with van der Waals surface area (Å²) in [5, 5.41) is 15.4. The van der Waals surface area contributed by atoms with Gasteiger partial charge in [0.05, 0.1) is 6.61 Å². The number of hydrogen-bond donors (Lipinski definition) is 2. The Labute approximate surface area is 132 Å². The SMILES string of the molecule is O=C(O)Cn1ccc(NC(=O)c2cccc(C3CCOC3)c2)n1. The lowest BCUT2D eigenvalue weighted by Crippen LogP contribution is -2.14. The number of benzene rings is 1. The van der Waals surface area contributed by atoms with Crippen molar-refractivity contribution in [2.24, 2.45) is 0 Å². The Balaban J connectivity index is 1.69. The van der Waals surface area contributed by atoms with E-state index in [9.17, 15) is 9.59 Å². The lowest BCUT2D eigenvalue weighted by atomic mass is 9.96. The van der Waals surface area contributed by atoms with Crippen molar-refractivity contribution in [3.05, 3.63) is 47.7 Å². The predicted octanol–water partition coefficient (Wildman–Crippen LogP) is 1.72. The molecule has 1 aliphatic heterocycles. The minimum atomic E-state index is -0.988. The normalized spacial score (nSPS) is 17.1. The second-order valence-corrected chi connectivity index (χ2v) is 5.43. The monoisotopic (exact) mass is 315 g/mol. The van der Waals surface area contributed by atoms with Gasteiger partial charge in [-0.2, -0.15) is 5.10 Å². The molecular formula is C16H17N3O4. The smallest absolute Gasteiger partial charge is 0.325 e. The van der Waals surface area contributed by atoms with Crippen LogP contribution in [0.4, 0.5) is 5.82 Å². The Morgan fingerprint density at radius 1 is 1.39 bits per heavy atom. The summed E-state index contributed by atoms with van der Waals surface area (Å²) >= 11 is 0. The van der Waals surface area contributed by atoms with Crippen molar-refractivity contribution in [2.45, 2.75) is 18.9 Å². The molecule has 7 heteroatoms. The Kier molecular flexibility index (Phi) is 4.38. The van der Waals surface area contributed by atoms with Crippen LogP contribution in [0, 0.1) is 0 Å². The minimum absolute atomic E-state index is 0.243. The van der Waals surface area contributed by atoms with Crippen molar-refractivity contribution < 1.29 is 19.4 Å². The average molecular weight is 315 g/mol.